The van der Waals surface area contributed by atoms with Gasteiger partial charge in [-0.1, -0.05) is 30.3 Å². The Morgan fingerprint density at radius 1 is 1.27 bits per heavy atom. The van der Waals surface area contributed by atoms with Crippen LogP contribution in [0.5, 0.6) is 0 Å². The fourth-order valence-corrected chi connectivity index (χ4v) is 4.61. The van der Waals surface area contributed by atoms with E-state index in [1.165, 1.54) is 16.0 Å². The van der Waals surface area contributed by atoms with E-state index in [0.29, 0.717) is 11.5 Å². The molecule has 0 bridgehead atoms. The average molecular weight is 308 g/mol. The number of benzene rings is 1. The first-order valence-corrected chi connectivity index (χ1v) is 8.50. The van der Waals surface area contributed by atoms with Crippen LogP contribution in [0.2, 0.25) is 0 Å². The average Bonchev–Trinajstić information content (AvgIpc) is 3.11. The van der Waals surface area contributed by atoms with E-state index < -0.39 is 0 Å². The second-order valence-corrected chi connectivity index (χ2v) is 7.13. The smallest absolute Gasteiger partial charge is 0.228 e. The summed E-state index contributed by atoms with van der Waals surface area (Å²) in [5.41, 5.74) is 3.10. The number of thiophene rings is 1. The van der Waals surface area contributed by atoms with Crippen molar-refractivity contribution in [2.45, 2.75) is 31.6 Å². The molecule has 2 aliphatic rings. The largest absolute Gasteiger partial charge is 0.316 e. The van der Waals surface area contributed by atoms with E-state index in [-0.39, 0.29) is 11.8 Å². The third-order valence-electron chi connectivity index (χ3n) is 4.62. The molecule has 22 heavy (non-hydrogen) atoms. The van der Waals surface area contributed by atoms with E-state index in [2.05, 4.69) is 23.5 Å². The molecule has 2 atom stereocenters. The summed E-state index contributed by atoms with van der Waals surface area (Å²) in [6, 6.07) is 12.5. The minimum atomic E-state index is 0.0471. The molecule has 0 spiro atoms. The number of nitriles is 1. The number of aryl methyl sites for hydroxylation is 1. The second-order valence-electron chi connectivity index (χ2n) is 6.02. The van der Waals surface area contributed by atoms with Crippen LogP contribution in [0.15, 0.2) is 30.3 Å². The van der Waals surface area contributed by atoms with E-state index in [4.69, 9.17) is 0 Å². The summed E-state index contributed by atoms with van der Waals surface area (Å²) in [6.45, 7) is 0. The van der Waals surface area contributed by atoms with Gasteiger partial charge in [-0.05, 0) is 42.7 Å². The van der Waals surface area contributed by atoms with Crippen LogP contribution in [0.1, 0.15) is 40.3 Å². The summed E-state index contributed by atoms with van der Waals surface area (Å²) in [7, 11) is 0. The van der Waals surface area contributed by atoms with Crippen molar-refractivity contribution in [2.24, 2.45) is 5.92 Å². The molecule has 1 aromatic carbocycles. The topological polar surface area (TPSA) is 52.9 Å². The zero-order valence-electron chi connectivity index (χ0n) is 12.1. The molecule has 2 aliphatic carbocycles. The van der Waals surface area contributed by atoms with Gasteiger partial charge in [0.1, 0.15) is 11.1 Å². The highest BCUT2D eigenvalue weighted by molar-refractivity contribution is 7.16. The number of amides is 1. The molecule has 0 unspecified atom stereocenters. The summed E-state index contributed by atoms with van der Waals surface area (Å²) >= 11 is 1.59. The van der Waals surface area contributed by atoms with E-state index >= 15 is 0 Å². The molecule has 2 aromatic rings. The van der Waals surface area contributed by atoms with Gasteiger partial charge in [-0.2, -0.15) is 5.26 Å². The van der Waals surface area contributed by atoms with Gasteiger partial charge in [0, 0.05) is 10.8 Å². The Labute approximate surface area is 133 Å². The molecule has 1 saturated carbocycles. The van der Waals surface area contributed by atoms with Crippen molar-refractivity contribution < 1.29 is 4.79 Å². The third-order valence-corrected chi connectivity index (χ3v) is 5.83. The van der Waals surface area contributed by atoms with E-state index in [1.54, 1.807) is 11.3 Å². The number of carbonyl (C=O) groups is 1. The highest BCUT2D eigenvalue weighted by atomic mass is 32.1. The monoisotopic (exact) mass is 308 g/mol. The van der Waals surface area contributed by atoms with Crippen LogP contribution in [0, 0.1) is 17.2 Å². The maximum Gasteiger partial charge on any atom is 0.228 e. The van der Waals surface area contributed by atoms with Gasteiger partial charge in [0.25, 0.3) is 0 Å². The maximum atomic E-state index is 12.4. The lowest BCUT2D eigenvalue weighted by Gasteiger charge is -2.04. The van der Waals surface area contributed by atoms with Crippen LogP contribution < -0.4 is 5.32 Å². The third kappa shape index (κ3) is 2.22. The predicted molar refractivity (Wildman–Crippen MR) is 87.0 cm³/mol. The Balaban J connectivity index is 1.49. The van der Waals surface area contributed by atoms with Crippen molar-refractivity contribution >= 4 is 22.2 Å². The first-order valence-electron chi connectivity index (χ1n) is 7.68. The molecule has 110 valence electrons. The van der Waals surface area contributed by atoms with Gasteiger partial charge >= 0.3 is 0 Å². The molecule has 1 N–H and O–H groups in total. The summed E-state index contributed by atoms with van der Waals surface area (Å²) in [5.74, 6) is 0.440. The fraction of sp³-hybridized carbons (Fsp3) is 0.333. The van der Waals surface area contributed by atoms with Crippen molar-refractivity contribution in [1.82, 2.24) is 0 Å². The molecular formula is C18H16N2OS. The number of hydrogen-bond acceptors (Lipinski definition) is 3. The Hall–Kier alpha value is -2.12. The van der Waals surface area contributed by atoms with Gasteiger partial charge in [0.05, 0.1) is 5.56 Å². The van der Waals surface area contributed by atoms with Gasteiger partial charge in [-0.3, -0.25) is 4.79 Å². The van der Waals surface area contributed by atoms with Gasteiger partial charge in [0.15, 0.2) is 0 Å². The van der Waals surface area contributed by atoms with Crippen molar-refractivity contribution in [2.75, 3.05) is 5.32 Å². The number of hydrogen-bond donors (Lipinski definition) is 1. The lowest BCUT2D eigenvalue weighted by atomic mass is 10.1. The summed E-state index contributed by atoms with van der Waals surface area (Å²) in [5, 5.41) is 13.1. The van der Waals surface area contributed by atoms with Crippen molar-refractivity contribution in [1.29, 1.82) is 5.26 Å². The van der Waals surface area contributed by atoms with Crippen LogP contribution in [-0.4, -0.2) is 5.91 Å². The van der Waals surface area contributed by atoms with Gasteiger partial charge in [-0.25, -0.2) is 0 Å². The zero-order valence-corrected chi connectivity index (χ0v) is 13.0. The highest BCUT2D eigenvalue weighted by Gasteiger charge is 2.44. The van der Waals surface area contributed by atoms with Gasteiger partial charge < -0.3 is 5.32 Å². The lowest BCUT2D eigenvalue weighted by molar-refractivity contribution is -0.117. The van der Waals surface area contributed by atoms with Gasteiger partial charge in [0.2, 0.25) is 5.91 Å². The van der Waals surface area contributed by atoms with Crippen molar-refractivity contribution in [3.8, 4) is 6.07 Å². The van der Waals surface area contributed by atoms with E-state index in [1.807, 2.05) is 18.2 Å². The minimum Gasteiger partial charge on any atom is -0.316 e. The Morgan fingerprint density at radius 3 is 2.86 bits per heavy atom. The van der Waals surface area contributed by atoms with E-state index in [0.717, 1.165) is 30.7 Å². The zero-order chi connectivity index (χ0) is 15.1. The fourth-order valence-electron chi connectivity index (χ4n) is 3.37. The van der Waals surface area contributed by atoms with Crippen LogP contribution in [0.4, 0.5) is 5.00 Å². The Kier molecular flexibility index (Phi) is 3.24. The van der Waals surface area contributed by atoms with Crippen LogP contribution in [0.25, 0.3) is 0 Å². The predicted octanol–water partition coefficient (Wildman–Crippen LogP) is 3.85. The van der Waals surface area contributed by atoms with Crippen LogP contribution in [0.3, 0.4) is 0 Å². The highest BCUT2D eigenvalue weighted by Crippen LogP contribution is 2.48. The number of carbonyl (C=O) groups excluding carboxylic acids is 1. The normalized spacial score (nSPS) is 22.0. The Bertz CT molecular complexity index is 772. The number of fused-ring (bicyclic) bond motifs is 1. The molecule has 1 fully saturated rings. The Morgan fingerprint density at radius 2 is 2.09 bits per heavy atom. The molecule has 3 nitrogen and oxygen atoms in total. The molecule has 4 heteroatoms. The molecule has 0 radical (unpaired) electrons. The second kappa shape index (κ2) is 5.26. The molecule has 1 heterocycles. The maximum absolute atomic E-state index is 12.4. The molecular weight excluding hydrogens is 292 g/mol. The van der Waals surface area contributed by atoms with Crippen molar-refractivity contribution in [3.05, 3.63) is 51.9 Å². The first kappa shape index (κ1) is 13.5. The SMILES string of the molecule is N#Cc1c(NC(=O)[C@@H]2C[C@H]2c2ccccc2)sc2c1CCC2. The van der Waals surface area contributed by atoms with Crippen LogP contribution in [-0.2, 0) is 17.6 Å². The summed E-state index contributed by atoms with van der Waals surface area (Å²) in [6.07, 6.45) is 4.05. The summed E-state index contributed by atoms with van der Waals surface area (Å²) in [4.78, 5) is 13.7. The first-order chi connectivity index (χ1) is 10.8. The quantitative estimate of drug-likeness (QED) is 0.936. The molecule has 4 rings (SSSR count). The standard InChI is InChI=1S/C18H16N2OS/c19-10-15-12-7-4-8-16(12)22-18(15)20-17(21)14-9-13(14)11-5-2-1-3-6-11/h1-3,5-6,13-14H,4,7-9H2,(H,20,21)/t13-,14+/m0/s1. The van der Waals surface area contributed by atoms with Crippen LogP contribution >= 0.6 is 11.3 Å². The number of anilines is 1. The number of nitrogens with zero attached hydrogens (tertiary/aromatic N) is 1. The number of nitrogens with one attached hydrogen (secondary N) is 1. The van der Waals surface area contributed by atoms with E-state index in [9.17, 15) is 10.1 Å². The molecule has 1 amide bonds. The summed E-state index contributed by atoms with van der Waals surface area (Å²) < 4.78 is 0. The lowest BCUT2D eigenvalue weighted by Crippen LogP contribution is -2.14. The molecule has 0 aliphatic heterocycles. The van der Waals surface area contributed by atoms with Crippen molar-refractivity contribution in [3.63, 3.8) is 0 Å². The molecule has 1 aromatic heterocycles. The minimum absolute atomic E-state index is 0.0471. The molecule has 0 saturated heterocycles. The number of rotatable bonds is 3. The van der Waals surface area contributed by atoms with Gasteiger partial charge in [-0.15, -0.1) is 11.3 Å².